The highest BCUT2D eigenvalue weighted by Crippen LogP contribution is 2.19. The number of methoxy groups -OCH3 is 1. The lowest BCUT2D eigenvalue weighted by atomic mass is 9.95. The lowest BCUT2D eigenvalue weighted by molar-refractivity contribution is -0.127. The molecule has 1 saturated heterocycles. The Bertz CT molecular complexity index is 470. The fourth-order valence-corrected chi connectivity index (χ4v) is 2.85. The molecule has 1 aromatic carbocycles. The van der Waals surface area contributed by atoms with Gasteiger partial charge >= 0.3 is 0 Å². The van der Waals surface area contributed by atoms with Crippen molar-refractivity contribution in [3.05, 3.63) is 35.6 Å². The molecule has 1 aliphatic rings. The number of nitrogens with zero attached hydrogens (tertiary/aromatic N) is 1. The molecular formula is C17H25FN2O2. The quantitative estimate of drug-likeness (QED) is 0.876. The number of hydrogen-bond acceptors (Lipinski definition) is 3. The maximum Gasteiger partial charge on any atom is 0.223 e. The Hall–Kier alpha value is -1.46. The van der Waals surface area contributed by atoms with Crippen molar-refractivity contribution in [3.63, 3.8) is 0 Å². The van der Waals surface area contributed by atoms with Crippen molar-refractivity contribution in [2.75, 3.05) is 26.8 Å². The number of nitrogens with one attached hydrogen (secondary N) is 1. The molecule has 0 unspecified atom stereocenters. The highest BCUT2D eigenvalue weighted by atomic mass is 19.1. The standard InChI is InChI=1S/C17H25FN2O2/c1-13(12-22-2)19-17(21)15-7-9-20(10-8-15)11-14-3-5-16(18)6-4-14/h3-6,13,15H,7-12H2,1-2H3,(H,19,21)/t13-/m0/s1. The van der Waals surface area contributed by atoms with Crippen LogP contribution in [-0.2, 0) is 16.1 Å². The molecule has 5 heteroatoms. The summed E-state index contributed by atoms with van der Waals surface area (Å²) in [6, 6.07) is 6.68. The number of carbonyl (C=O) groups is 1. The summed E-state index contributed by atoms with van der Waals surface area (Å²) in [5.74, 6) is 0.0130. The molecule has 0 radical (unpaired) electrons. The van der Waals surface area contributed by atoms with Crippen molar-refractivity contribution in [3.8, 4) is 0 Å². The zero-order chi connectivity index (χ0) is 15.9. The predicted molar refractivity (Wildman–Crippen MR) is 83.9 cm³/mol. The number of likely N-dealkylation sites (tertiary alicyclic amines) is 1. The van der Waals surface area contributed by atoms with Crippen molar-refractivity contribution in [2.24, 2.45) is 5.92 Å². The van der Waals surface area contributed by atoms with Gasteiger partial charge < -0.3 is 10.1 Å². The number of amides is 1. The second-order valence-electron chi connectivity index (χ2n) is 6.04. The lowest BCUT2D eigenvalue weighted by Gasteiger charge is -2.31. The van der Waals surface area contributed by atoms with E-state index in [4.69, 9.17) is 4.74 Å². The van der Waals surface area contributed by atoms with Crippen LogP contribution in [0.5, 0.6) is 0 Å². The fraction of sp³-hybridized carbons (Fsp3) is 0.588. The van der Waals surface area contributed by atoms with Crippen LogP contribution in [0.25, 0.3) is 0 Å². The molecule has 4 nitrogen and oxygen atoms in total. The van der Waals surface area contributed by atoms with Crippen LogP contribution in [0.1, 0.15) is 25.3 Å². The second kappa shape index (κ2) is 8.25. The van der Waals surface area contributed by atoms with Gasteiger partial charge in [-0.1, -0.05) is 12.1 Å². The van der Waals surface area contributed by atoms with Crippen LogP contribution in [0.2, 0.25) is 0 Å². The smallest absolute Gasteiger partial charge is 0.223 e. The van der Waals surface area contributed by atoms with Gasteiger partial charge in [0.25, 0.3) is 0 Å². The zero-order valence-electron chi connectivity index (χ0n) is 13.3. The molecule has 1 amide bonds. The third-order valence-electron chi connectivity index (χ3n) is 4.08. The first-order valence-corrected chi connectivity index (χ1v) is 7.84. The molecule has 0 bridgehead atoms. The van der Waals surface area contributed by atoms with Gasteiger partial charge in [-0.3, -0.25) is 9.69 Å². The van der Waals surface area contributed by atoms with E-state index in [1.54, 1.807) is 7.11 Å². The van der Waals surface area contributed by atoms with Crippen molar-refractivity contribution >= 4 is 5.91 Å². The molecule has 1 atom stereocenters. The Labute approximate surface area is 131 Å². The van der Waals surface area contributed by atoms with E-state index in [9.17, 15) is 9.18 Å². The summed E-state index contributed by atoms with van der Waals surface area (Å²) in [6.07, 6.45) is 1.74. The molecular weight excluding hydrogens is 283 g/mol. The summed E-state index contributed by atoms with van der Waals surface area (Å²) < 4.78 is 17.9. The maximum absolute atomic E-state index is 12.9. The van der Waals surface area contributed by atoms with Crippen LogP contribution in [0, 0.1) is 11.7 Å². The number of benzene rings is 1. The van der Waals surface area contributed by atoms with Gasteiger partial charge in [0.1, 0.15) is 5.82 Å². The Kier molecular flexibility index (Phi) is 6.34. The molecule has 0 spiro atoms. The van der Waals surface area contributed by atoms with Gasteiger partial charge in [0.2, 0.25) is 5.91 Å². The monoisotopic (exact) mass is 308 g/mol. The van der Waals surface area contributed by atoms with Gasteiger partial charge in [-0.2, -0.15) is 0 Å². The molecule has 122 valence electrons. The summed E-state index contributed by atoms with van der Waals surface area (Å²) in [5.41, 5.74) is 1.11. The van der Waals surface area contributed by atoms with E-state index in [0.29, 0.717) is 6.61 Å². The van der Waals surface area contributed by atoms with Crippen LogP contribution in [0.3, 0.4) is 0 Å². The van der Waals surface area contributed by atoms with Crippen LogP contribution in [-0.4, -0.2) is 43.7 Å². The summed E-state index contributed by atoms with van der Waals surface area (Å²) >= 11 is 0. The molecule has 1 heterocycles. The lowest BCUT2D eigenvalue weighted by Crippen LogP contribution is -2.44. The Balaban J connectivity index is 1.75. The first-order valence-electron chi connectivity index (χ1n) is 7.84. The molecule has 0 aromatic heterocycles. The first kappa shape index (κ1) is 16.9. The van der Waals surface area contributed by atoms with Crippen LogP contribution in [0.15, 0.2) is 24.3 Å². The van der Waals surface area contributed by atoms with Gasteiger partial charge in [-0.05, 0) is 50.6 Å². The normalized spacial score (nSPS) is 18.1. The molecule has 1 aromatic rings. The molecule has 1 aliphatic heterocycles. The third kappa shape index (κ3) is 5.07. The van der Waals surface area contributed by atoms with Gasteiger partial charge in [0.15, 0.2) is 0 Å². The summed E-state index contributed by atoms with van der Waals surface area (Å²) in [4.78, 5) is 14.5. The number of carbonyl (C=O) groups excluding carboxylic acids is 1. The molecule has 1 N–H and O–H groups in total. The van der Waals surface area contributed by atoms with Crippen molar-refractivity contribution in [1.29, 1.82) is 0 Å². The van der Waals surface area contributed by atoms with Gasteiger partial charge in [0.05, 0.1) is 6.61 Å². The predicted octanol–water partition coefficient (Wildman–Crippen LogP) is 2.19. The highest BCUT2D eigenvalue weighted by Gasteiger charge is 2.25. The minimum absolute atomic E-state index is 0.0507. The van der Waals surface area contributed by atoms with Crippen molar-refractivity contribution in [2.45, 2.75) is 32.4 Å². The van der Waals surface area contributed by atoms with Gasteiger partial charge in [-0.25, -0.2) is 4.39 Å². The van der Waals surface area contributed by atoms with Crippen molar-refractivity contribution < 1.29 is 13.9 Å². The Morgan fingerprint density at radius 1 is 1.36 bits per heavy atom. The van der Waals surface area contributed by atoms with E-state index in [0.717, 1.165) is 38.0 Å². The van der Waals surface area contributed by atoms with Crippen LogP contribution < -0.4 is 5.32 Å². The first-order chi connectivity index (χ1) is 10.6. The third-order valence-corrected chi connectivity index (χ3v) is 4.08. The van der Waals surface area contributed by atoms with E-state index in [2.05, 4.69) is 10.2 Å². The van der Waals surface area contributed by atoms with E-state index >= 15 is 0 Å². The molecule has 1 fully saturated rings. The van der Waals surface area contributed by atoms with Gasteiger partial charge in [-0.15, -0.1) is 0 Å². The van der Waals surface area contributed by atoms with E-state index < -0.39 is 0 Å². The average Bonchev–Trinajstić information content (AvgIpc) is 2.50. The number of ether oxygens (including phenoxy) is 1. The number of hydrogen-bond donors (Lipinski definition) is 1. The van der Waals surface area contributed by atoms with E-state index in [1.807, 2.05) is 19.1 Å². The molecule has 22 heavy (non-hydrogen) atoms. The Morgan fingerprint density at radius 3 is 2.59 bits per heavy atom. The zero-order valence-corrected chi connectivity index (χ0v) is 13.3. The molecule has 2 rings (SSSR count). The minimum atomic E-state index is -0.204. The minimum Gasteiger partial charge on any atom is -0.383 e. The van der Waals surface area contributed by atoms with E-state index in [1.165, 1.54) is 12.1 Å². The van der Waals surface area contributed by atoms with Crippen LogP contribution >= 0.6 is 0 Å². The van der Waals surface area contributed by atoms with Gasteiger partial charge in [0, 0.05) is 25.6 Å². The number of piperidine rings is 1. The summed E-state index contributed by atoms with van der Waals surface area (Å²) in [7, 11) is 1.64. The summed E-state index contributed by atoms with van der Waals surface area (Å²) in [6.45, 7) is 5.09. The molecule has 0 aliphatic carbocycles. The highest BCUT2D eigenvalue weighted by molar-refractivity contribution is 5.79. The SMILES string of the molecule is COC[C@H](C)NC(=O)C1CCN(Cc2ccc(F)cc2)CC1. The Morgan fingerprint density at radius 2 is 2.00 bits per heavy atom. The topological polar surface area (TPSA) is 41.6 Å². The number of rotatable bonds is 6. The average molecular weight is 308 g/mol. The maximum atomic E-state index is 12.9. The van der Waals surface area contributed by atoms with Crippen LogP contribution in [0.4, 0.5) is 4.39 Å². The second-order valence-corrected chi connectivity index (χ2v) is 6.04. The number of halogens is 1. The fourth-order valence-electron chi connectivity index (χ4n) is 2.85. The summed E-state index contributed by atoms with van der Waals surface area (Å²) in [5, 5.41) is 3.00. The largest absolute Gasteiger partial charge is 0.383 e. The van der Waals surface area contributed by atoms with E-state index in [-0.39, 0.29) is 23.7 Å². The molecule has 0 saturated carbocycles. The van der Waals surface area contributed by atoms with Crippen molar-refractivity contribution in [1.82, 2.24) is 10.2 Å².